The second-order valence-electron chi connectivity index (χ2n) is 6.97. The van der Waals surface area contributed by atoms with Crippen molar-refractivity contribution in [2.24, 2.45) is 23.7 Å². The van der Waals surface area contributed by atoms with Crippen LogP contribution in [0.5, 0.6) is 0 Å². The molecule has 0 spiro atoms. The zero-order valence-electron chi connectivity index (χ0n) is 12.4. The molecule has 3 unspecified atom stereocenters. The first-order valence-corrected chi connectivity index (χ1v) is 8.04. The summed E-state index contributed by atoms with van der Waals surface area (Å²) in [6.45, 7) is 4.86. The lowest BCUT2D eigenvalue weighted by molar-refractivity contribution is -0.142. The monoisotopic (exact) mass is 267 g/mol. The summed E-state index contributed by atoms with van der Waals surface area (Å²) >= 11 is 0. The number of carboxylic acids is 1. The number of rotatable bonds is 7. The molecule has 110 valence electrons. The molecule has 0 aliphatic heterocycles. The van der Waals surface area contributed by atoms with Crippen LogP contribution in [0.15, 0.2) is 0 Å². The second kappa shape index (κ2) is 6.74. The van der Waals surface area contributed by atoms with Gasteiger partial charge in [0.1, 0.15) is 0 Å². The summed E-state index contributed by atoms with van der Waals surface area (Å²) in [7, 11) is 0. The highest BCUT2D eigenvalue weighted by atomic mass is 16.4. The standard InChI is InChI=1S/C16H29NO2/c1-11(2)9-13(16(18)19)10-17-15-6-4-3-5-14(15)12-7-8-12/h11-15,17H,3-10H2,1-2H3,(H,18,19). The van der Waals surface area contributed by atoms with Crippen LogP contribution in [0.4, 0.5) is 0 Å². The summed E-state index contributed by atoms with van der Waals surface area (Å²) in [4.78, 5) is 11.3. The fourth-order valence-electron chi connectivity index (χ4n) is 3.64. The first-order valence-electron chi connectivity index (χ1n) is 8.04. The van der Waals surface area contributed by atoms with Crippen molar-refractivity contribution in [3.05, 3.63) is 0 Å². The maximum Gasteiger partial charge on any atom is 0.307 e. The topological polar surface area (TPSA) is 49.3 Å². The first-order chi connectivity index (χ1) is 9.08. The third-order valence-corrected chi connectivity index (χ3v) is 4.78. The van der Waals surface area contributed by atoms with Gasteiger partial charge in [-0.1, -0.05) is 26.7 Å². The Morgan fingerprint density at radius 1 is 1.21 bits per heavy atom. The van der Waals surface area contributed by atoms with Crippen LogP contribution in [-0.4, -0.2) is 23.7 Å². The Labute approximate surface area is 117 Å². The zero-order valence-corrected chi connectivity index (χ0v) is 12.4. The van der Waals surface area contributed by atoms with Crippen LogP contribution in [0.2, 0.25) is 0 Å². The van der Waals surface area contributed by atoms with Crippen LogP contribution in [0.1, 0.15) is 58.8 Å². The molecule has 2 aliphatic carbocycles. The average molecular weight is 267 g/mol. The first kappa shape index (κ1) is 14.8. The van der Waals surface area contributed by atoms with Crippen LogP contribution < -0.4 is 5.32 Å². The molecule has 0 aromatic rings. The number of carbonyl (C=O) groups is 1. The number of hydrogen-bond donors (Lipinski definition) is 2. The minimum absolute atomic E-state index is 0.221. The number of hydrogen-bond acceptors (Lipinski definition) is 2. The van der Waals surface area contributed by atoms with Crippen LogP contribution in [0.25, 0.3) is 0 Å². The van der Waals surface area contributed by atoms with E-state index in [4.69, 9.17) is 0 Å². The van der Waals surface area contributed by atoms with E-state index in [2.05, 4.69) is 19.2 Å². The highest BCUT2D eigenvalue weighted by molar-refractivity contribution is 5.70. The highest BCUT2D eigenvalue weighted by Crippen LogP contribution is 2.44. The number of aliphatic carboxylic acids is 1. The van der Waals surface area contributed by atoms with Gasteiger partial charge < -0.3 is 10.4 Å². The summed E-state index contributed by atoms with van der Waals surface area (Å²) in [6.07, 6.45) is 8.85. The van der Waals surface area contributed by atoms with Crippen molar-refractivity contribution in [3.63, 3.8) is 0 Å². The molecule has 2 N–H and O–H groups in total. The van der Waals surface area contributed by atoms with Crippen LogP contribution in [-0.2, 0) is 4.79 Å². The predicted octanol–water partition coefficient (Wildman–Crippen LogP) is 3.29. The molecule has 2 aliphatic rings. The Balaban J connectivity index is 1.82. The SMILES string of the molecule is CC(C)CC(CNC1CCCCC1C1CC1)C(=O)O. The molecule has 0 amide bonds. The van der Waals surface area contributed by atoms with Gasteiger partial charge in [0, 0.05) is 12.6 Å². The summed E-state index contributed by atoms with van der Waals surface area (Å²) in [5.74, 6) is 1.35. The number of nitrogens with one attached hydrogen (secondary N) is 1. The van der Waals surface area contributed by atoms with E-state index in [1.54, 1.807) is 0 Å². The van der Waals surface area contributed by atoms with Crippen molar-refractivity contribution in [1.29, 1.82) is 0 Å². The lowest BCUT2D eigenvalue weighted by Crippen LogP contribution is -2.43. The van der Waals surface area contributed by atoms with Crippen LogP contribution in [0.3, 0.4) is 0 Å². The van der Waals surface area contributed by atoms with E-state index in [9.17, 15) is 9.90 Å². The molecule has 2 rings (SSSR count). The molecule has 3 heteroatoms. The Morgan fingerprint density at radius 3 is 2.47 bits per heavy atom. The Kier molecular flexibility index (Phi) is 5.26. The molecule has 0 radical (unpaired) electrons. The van der Waals surface area contributed by atoms with E-state index in [-0.39, 0.29) is 5.92 Å². The van der Waals surface area contributed by atoms with Gasteiger partial charge in [0.25, 0.3) is 0 Å². The van der Waals surface area contributed by atoms with Gasteiger partial charge in [-0.25, -0.2) is 0 Å². The van der Waals surface area contributed by atoms with Crippen LogP contribution in [0, 0.1) is 23.7 Å². The summed E-state index contributed by atoms with van der Waals surface area (Å²) in [6, 6.07) is 0.579. The van der Waals surface area contributed by atoms with E-state index in [1.165, 1.54) is 38.5 Å². The third-order valence-electron chi connectivity index (χ3n) is 4.78. The fourth-order valence-corrected chi connectivity index (χ4v) is 3.64. The average Bonchev–Trinajstić information content (AvgIpc) is 3.18. The van der Waals surface area contributed by atoms with Gasteiger partial charge in [0.05, 0.1) is 5.92 Å². The quantitative estimate of drug-likeness (QED) is 0.744. The Hall–Kier alpha value is -0.570. The summed E-state index contributed by atoms with van der Waals surface area (Å²) < 4.78 is 0. The fraction of sp³-hybridized carbons (Fsp3) is 0.938. The molecule has 0 aromatic carbocycles. The van der Waals surface area contributed by atoms with E-state index >= 15 is 0 Å². The molecule has 2 saturated carbocycles. The molecular formula is C16H29NO2. The molecule has 19 heavy (non-hydrogen) atoms. The van der Waals surface area contributed by atoms with E-state index in [0.29, 0.717) is 18.5 Å². The smallest absolute Gasteiger partial charge is 0.307 e. The van der Waals surface area contributed by atoms with Gasteiger partial charge in [-0.2, -0.15) is 0 Å². The largest absolute Gasteiger partial charge is 0.481 e. The van der Waals surface area contributed by atoms with Crippen molar-refractivity contribution in [1.82, 2.24) is 5.32 Å². The molecule has 0 bridgehead atoms. The number of carboxylic acid groups (broad SMARTS) is 1. The minimum atomic E-state index is -0.639. The van der Waals surface area contributed by atoms with Gasteiger partial charge in [0.2, 0.25) is 0 Å². The maximum absolute atomic E-state index is 11.3. The van der Waals surface area contributed by atoms with Gasteiger partial charge in [-0.3, -0.25) is 4.79 Å². The normalized spacial score (nSPS) is 29.4. The third kappa shape index (κ3) is 4.48. The Morgan fingerprint density at radius 2 is 1.89 bits per heavy atom. The van der Waals surface area contributed by atoms with Crippen LogP contribution >= 0.6 is 0 Å². The van der Waals surface area contributed by atoms with Crippen molar-refractivity contribution >= 4 is 5.97 Å². The second-order valence-corrected chi connectivity index (χ2v) is 6.97. The van der Waals surface area contributed by atoms with Gasteiger partial charge in [-0.05, 0) is 49.9 Å². The minimum Gasteiger partial charge on any atom is -0.481 e. The lowest BCUT2D eigenvalue weighted by atomic mass is 9.81. The van der Waals surface area contributed by atoms with Gasteiger partial charge in [-0.15, -0.1) is 0 Å². The van der Waals surface area contributed by atoms with E-state index in [0.717, 1.165) is 18.3 Å². The van der Waals surface area contributed by atoms with Gasteiger partial charge in [0.15, 0.2) is 0 Å². The van der Waals surface area contributed by atoms with Gasteiger partial charge >= 0.3 is 5.97 Å². The highest BCUT2D eigenvalue weighted by Gasteiger charge is 2.37. The van der Waals surface area contributed by atoms with E-state index in [1.807, 2.05) is 0 Å². The van der Waals surface area contributed by atoms with Crippen molar-refractivity contribution < 1.29 is 9.90 Å². The molecule has 0 saturated heterocycles. The van der Waals surface area contributed by atoms with E-state index < -0.39 is 5.97 Å². The summed E-state index contributed by atoms with van der Waals surface area (Å²) in [5.41, 5.74) is 0. The molecule has 3 nitrogen and oxygen atoms in total. The predicted molar refractivity (Wildman–Crippen MR) is 77.1 cm³/mol. The summed E-state index contributed by atoms with van der Waals surface area (Å²) in [5, 5.41) is 12.9. The van der Waals surface area contributed by atoms with Crippen molar-refractivity contribution in [2.45, 2.75) is 64.8 Å². The molecule has 3 atom stereocenters. The lowest BCUT2D eigenvalue weighted by Gasteiger charge is -2.33. The maximum atomic E-state index is 11.3. The zero-order chi connectivity index (χ0) is 13.8. The molecule has 0 aromatic heterocycles. The van der Waals surface area contributed by atoms with Crippen molar-refractivity contribution in [3.8, 4) is 0 Å². The molecule has 2 fully saturated rings. The van der Waals surface area contributed by atoms with Crippen molar-refractivity contribution in [2.75, 3.05) is 6.54 Å². The molecule has 0 heterocycles. The Bertz CT molecular complexity index is 299. The molecular weight excluding hydrogens is 238 g/mol.